The molecule has 1 aliphatic carbocycles. The third-order valence-corrected chi connectivity index (χ3v) is 7.84. The number of carbonyl (C=O) groups excluding carboxylic acids is 2. The van der Waals surface area contributed by atoms with E-state index in [-0.39, 0.29) is 43.8 Å². The zero-order valence-electron chi connectivity index (χ0n) is 21.2. The Bertz CT molecular complexity index is 1150. The number of hydrogen-bond acceptors (Lipinski definition) is 4. The average Bonchev–Trinajstić information content (AvgIpc) is 3.34. The monoisotopic (exact) mass is 517 g/mol. The Morgan fingerprint density at radius 2 is 1.72 bits per heavy atom. The number of carbonyl (C=O) groups is 2. The Labute approximate surface area is 213 Å². The Kier molecular flexibility index (Phi) is 9.48. The van der Waals surface area contributed by atoms with Crippen LogP contribution >= 0.6 is 0 Å². The lowest BCUT2D eigenvalue weighted by molar-refractivity contribution is -0.141. The van der Waals surface area contributed by atoms with Crippen molar-refractivity contribution in [2.24, 2.45) is 0 Å². The lowest BCUT2D eigenvalue weighted by Gasteiger charge is -2.30. The molecule has 0 radical (unpaired) electrons. The number of amides is 2. The number of nitrogens with one attached hydrogen (secondary N) is 1. The minimum absolute atomic E-state index is 0.0212. The summed E-state index contributed by atoms with van der Waals surface area (Å²) >= 11 is 0. The van der Waals surface area contributed by atoms with Crippen molar-refractivity contribution in [2.75, 3.05) is 17.1 Å². The largest absolute Gasteiger partial charge is 0.352 e. The first-order chi connectivity index (χ1) is 17.1. The molecule has 2 aromatic carbocycles. The smallest absolute Gasteiger partial charge is 0.242 e. The summed E-state index contributed by atoms with van der Waals surface area (Å²) in [7, 11) is -3.55. The molecule has 36 heavy (non-hydrogen) atoms. The number of halogens is 1. The van der Waals surface area contributed by atoms with Crippen molar-refractivity contribution < 1.29 is 22.4 Å². The van der Waals surface area contributed by atoms with Crippen molar-refractivity contribution >= 4 is 27.5 Å². The molecule has 0 spiro atoms. The van der Waals surface area contributed by atoms with Gasteiger partial charge in [0.05, 0.1) is 11.9 Å². The van der Waals surface area contributed by atoms with E-state index in [0.29, 0.717) is 11.3 Å². The summed E-state index contributed by atoms with van der Waals surface area (Å²) in [5, 5.41) is 3.02. The standard InChI is InChI=1S/C27H36FN3O4S/c1-20-14-16-24(17-15-20)31(36(3,34)35)18-8-13-26(32)30(19-22-9-4-7-12-25(22)28)21(2)27(33)29-23-10-5-6-11-23/h4,7,9,12,14-17,21,23H,5-6,8,10-11,13,18-19H2,1-3H3,(H,29,33)/t21-/m1/s1. The third kappa shape index (κ3) is 7.53. The van der Waals surface area contributed by atoms with Crippen LogP contribution in [0.1, 0.15) is 56.6 Å². The highest BCUT2D eigenvalue weighted by atomic mass is 32.2. The zero-order valence-corrected chi connectivity index (χ0v) is 22.1. The molecule has 1 fully saturated rings. The zero-order chi connectivity index (χ0) is 26.3. The molecule has 7 nitrogen and oxygen atoms in total. The molecule has 1 saturated carbocycles. The van der Waals surface area contributed by atoms with Gasteiger partial charge >= 0.3 is 0 Å². The van der Waals surface area contributed by atoms with Gasteiger partial charge in [-0.05, 0) is 51.3 Å². The van der Waals surface area contributed by atoms with Gasteiger partial charge in [0.25, 0.3) is 0 Å². The number of nitrogens with zero attached hydrogens (tertiary/aromatic N) is 2. The Hall–Kier alpha value is -2.94. The van der Waals surface area contributed by atoms with Gasteiger partial charge in [-0.25, -0.2) is 12.8 Å². The van der Waals surface area contributed by atoms with Crippen LogP contribution in [0.25, 0.3) is 0 Å². The van der Waals surface area contributed by atoms with Gasteiger partial charge in [0.1, 0.15) is 11.9 Å². The molecule has 196 valence electrons. The van der Waals surface area contributed by atoms with Crippen molar-refractivity contribution in [1.29, 1.82) is 0 Å². The summed E-state index contributed by atoms with van der Waals surface area (Å²) in [6.07, 6.45) is 5.37. The van der Waals surface area contributed by atoms with E-state index in [9.17, 15) is 22.4 Å². The van der Waals surface area contributed by atoms with Gasteiger partial charge < -0.3 is 10.2 Å². The fraction of sp³-hybridized carbons (Fsp3) is 0.481. The quantitative estimate of drug-likeness (QED) is 0.485. The van der Waals surface area contributed by atoms with Crippen LogP contribution in [0.15, 0.2) is 48.5 Å². The van der Waals surface area contributed by atoms with E-state index in [1.54, 1.807) is 37.3 Å². The van der Waals surface area contributed by atoms with Crippen LogP contribution in [0.2, 0.25) is 0 Å². The minimum Gasteiger partial charge on any atom is -0.352 e. The maximum atomic E-state index is 14.4. The molecule has 2 amide bonds. The molecular formula is C27H36FN3O4S. The maximum Gasteiger partial charge on any atom is 0.242 e. The normalized spacial score (nSPS) is 14.9. The first-order valence-corrected chi connectivity index (χ1v) is 14.3. The third-order valence-electron chi connectivity index (χ3n) is 6.64. The van der Waals surface area contributed by atoms with Gasteiger partial charge in [0.2, 0.25) is 21.8 Å². The number of benzene rings is 2. The molecule has 1 N–H and O–H groups in total. The van der Waals surface area contributed by atoms with Crippen molar-refractivity contribution in [3.8, 4) is 0 Å². The van der Waals surface area contributed by atoms with Gasteiger partial charge in [0.15, 0.2) is 0 Å². The van der Waals surface area contributed by atoms with Crippen LogP contribution in [0.5, 0.6) is 0 Å². The molecular weight excluding hydrogens is 481 g/mol. The molecule has 3 rings (SSSR count). The average molecular weight is 518 g/mol. The highest BCUT2D eigenvalue weighted by Gasteiger charge is 2.29. The van der Waals surface area contributed by atoms with Crippen LogP contribution in [-0.4, -0.2) is 50.0 Å². The molecule has 0 heterocycles. The minimum atomic E-state index is -3.55. The predicted octanol–water partition coefficient (Wildman–Crippen LogP) is 4.16. The van der Waals surface area contributed by atoms with Crippen LogP contribution in [0.4, 0.5) is 10.1 Å². The predicted molar refractivity (Wildman–Crippen MR) is 139 cm³/mol. The first-order valence-electron chi connectivity index (χ1n) is 12.4. The van der Waals surface area contributed by atoms with Crippen molar-refractivity contribution in [3.05, 3.63) is 65.5 Å². The van der Waals surface area contributed by atoms with Gasteiger partial charge in [-0.2, -0.15) is 0 Å². The number of hydrogen-bond donors (Lipinski definition) is 1. The van der Waals surface area contributed by atoms with E-state index >= 15 is 0 Å². The summed E-state index contributed by atoms with van der Waals surface area (Å²) in [4.78, 5) is 27.7. The molecule has 1 aliphatic rings. The highest BCUT2D eigenvalue weighted by Crippen LogP contribution is 2.21. The van der Waals surface area contributed by atoms with Crippen molar-refractivity contribution in [1.82, 2.24) is 10.2 Å². The van der Waals surface area contributed by atoms with Gasteiger partial charge in [0, 0.05) is 31.1 Å². The summed E-state index contributed by atoms with van der Waals surface area (Å²) in [5.41, 5.74) is 1.86. The molecule has 0 saturated heterocycles. The molecule has 1 atom stereocenters. The number of rotatable bonds is 11. The SMILES string of the molecule is Cc1ccc(N(CCCC(=O)N(Cc2ccccc2F)[C@H](C)C(=O)NC2CCCC2)S(C)(=O)=O)cc1. The number of sulfonamides is 1. The maximum absolute atomic E-state index is 14.4. The first kappa shape index (κ1) is 27.6. The van der Waals surface area contributed by atoms with Crippen molar-refractivity contribution in [3.63, 3.8) is 0 Å². The summed E-state index contributed by atoms with van der Waals surface area (Å²) < 4.78 is 40.5. The molecule has 2 aromatic rings. The van der Waals surface area contributed by atoms with E-state index in [1.807, 2.05) is 19.1 Å². The fourth-order valence-electron chi connectivity index (χ4n) is 4.50. The van der Waals surface area contributed by atoms with Crippen LogP contribution in [0, 0.1) is 12.7 Å². The Balaban J connectivity index is 1.72. The summed E-state index contributed by atoms with van der Waals surface area (Å²) in [6.45, 7) is 3.64. The van der Waals surface area contributed by atoms with E-state index in [0.717, 1.165) is 37.5 Å². The molecule has 0 aliphatic heterocycles. The molecule has 9 heteroatoms. The van der Waals surface area contributed by atoms with Crippen LogP contribution in [-0.2, 0) is 26.2 Å². The van der Waals surface area contributed by atoms with Gasteiger partial charge in [-0.1, -0.05) is 48.7 Å². The van der Waals surface area contributed by atoms with Crippen LogP contribution in [0.3, 0.4) is 0 Å². The summed E-state index contributed by atoms with van der Waals surface area (Å²) in [5.74, 6) is -1.03. The van der Waals surface area contributed by atoms with Gasteiger partial charge in [-0.3, -0.25) is 13.9 Å². The van der Waals surface area contributed by atoms with Crippen LogP contribution < -0.4 is 9.62 Å². The van der Waals surface area contributed by atoms with E-state index < -0.39 is 21.9 Å². The number of aryl methyl sites for hydroxylation is 1. The number of anilines is 1. The van der Waals surface area contributed by atoms with Crippen molar-refractivity contribution in [2.45, 2.75) is 71.0 Å². The highest BCUT2D eigenvalue weighted by molar-refractivity contribution is 7.92. The lowest BCUT2D eigenvalue weighted by Crippen LogP contribution is -2.49. The molecule has 0 unspecified atom stereocenters. The fourth-order valence-corrected chi connectivity index (χ4v) is 5.47. The lowest BCUT2D eigenvalue weighted by atomic mass is 10.1. The topological polar surface area (TPSA) is 86.8 Å². The Morgan fingerprint density at radius 3 is 2.33 bits per heavy atom. The molecule has 0 bridgehead atoms. The van der Waals surface area contributed by atoms with E-state index in [1.165, 1.54) is 15.3 Å². The second-order valence-corrected chi connectivity index (χ2v) is 11.5. The molecule has 0 aromatic heterocycles. The van der Waals surface area contributed by atoms with E-state index in [4.69, 9.17) is 0 Å². The Morgan fingerprint density at radius 1 is 1.08 bits per heavy atom. The second kappa shape index (κ2) is 12.3. The van der Waals surface area contributed by atoms with E-state index in [2.05, 4.69) is 5.32 Å². The second-order valence-electron chi connectivity index (χ2n) is 9.55. The summed E-state index contributed by atoms with van der Waals surface area (Å²) in [6, 6.07) is 12.6. The van der Waals surface area contributed by atoms with Gasteiger partial charge in [-0.15, -0.1) is 0 Å².